The summed E-state index contributed by atoms with van der Waals surface area (Å²) in [6.45, 7) is 0.0738. The number of benzene rings is 1. The standard InChI is InChI=1S/C14H9ClF2N4O/c15-9-5-8(1-2-10(9)16)6-18-14(22)13-11(17)7-21-12(20-13)3-4-19-21/h1-5,7H,6H2,(H,18,22). The van der Waals surface area contributed by atoms with Gasteiger partial charge >= 0.3 is 0 Å². The monoisotopic (exact) mass is 322 g/mol. The van der Waals surface area contributed by atoms with Crippen molar-refractivity contribution in [3.05, 3.63) is 64.6 Å². The van der Waals surface area contributed by atoms with Gasteiger partial charge in [-0.25, -0.2) is 18.3 Å². The molecule has 3 aromatic rings. The van der Waals surface area contributed by atoms with Gasteiger partial charge < -0.3 is 5.32 Å². The highest BCUT2D eigenvalue weighted by Gasteiger charge is 2.15. The molecule has 5 nitrogen and oxygen atoms in total. The fraction of sp³-hybridized carbons (Fsp3) is 0.0714. The van der Waals surface area contributed by atoms with Gasteiger partial charge in [-0.1, -0.05) is 17.7 Å². The van der Waals surface area contributed by atoms with Gasteiger partial charge in [0.2, 0.25) is 0 Å². The van der Waals surface area contributed by atoms with E-state index in [2.05, 4.69) is 15.4 Å². The first-order chi connectivity index (χ1) is 10.5. The summed E-state index contributed by atoms with van der Waals surface area (Å²) in [5.74, 6) is -2.01. The Bertz CT molecular complexity index is 865. The lowest BCUT2D eigenvalue weighted by atomic mass is 10.2. The molecule has 0 aliphatic heterocycles. The van der Waals surface area contributed by atoms with E-state index >= 15 is 0 Å². The molecule has 8 heteroatoms. The zero-order chi connectivity index (χ0) is 15.7. The molecule has 0 radical (unpaired) electrons. The van der Waals surface area contributed by atoms with Crippen molar-refractivity contribution in [1.82, 2.24) is 19.9 Å². The number of fused-ring (bicyclic) bond motifs is 1. The maximum absolute atomic E-state index is 13.8. The molecular weight excluding hydrogens is 314 g/mol. The number of halogens is 3. The molecule has 2 aromatic heterocycles. The maximum atomic E-state index is 13.8. The van der Waals surface area contributed by atoms with E-state index in [4.69, 9.17) is 11.6 Å². The summed E-state index contributed by atoms with van der Waals surface area (Å²) in [5.41, 5.74) is 0.614. The Kier molecular flexibility index (Phi) is 3.72. The topological polar surface area (TPSA) is 59.3 Å². The van der Waals surface area contributed by atoms with Gasteiger partial charge in [-0.05, 0) is 17.7 Å². The average Bonchev–Trinajstić information content (AvgIpc) is 2.94. The summed E-state index contributed by atoms with van der Waals surface area (Å²) in [6.07, 6.45) is 2.52. The van der Waals surface area contributed by atoms with Crippen LogP contribution >= 0.6 is 11.6 Å². The van der Waals surface area contributed by atoms with Crippen LogP contribution in [0.1, 0.15) is 16.1 Å². The molecule has 0 aliphatic rings. The Morgan fingerprint density at radius 1 is 1.27 bits per heavy atom. The van der Waals surface area contributed by atoms with Crippen LogP contribution in [0.15, 0.2) is 36.7 Å². The second-order valence-electron chi connectivity index (χ2n) is 4.50. The first-order valence-corrected chi connectivity index (χ1v) is 6.64. The lowest BCUT2D eigenvalue weighted by Crippen LogP contribution is -2.25. The number of nitrogens with one attached hydrogen (secondary N) is 1. The van der Waals surface area contributed by atoms with Crippen molar-refractivity contribution in [2.75, 3.05) is 0 Å². The fourth-order valence-corrected chi connectivity index (χ4v) is 2.11. The normalized spacial score (nSPS) is 10.9. The van der Waals surface area contributed by atoms with Gasteiger partial charge in [0.15, 0.2) is 17.2 Å². The number of carbonyl (C=O) groups is 1. The summed E-state index contributed by atoms with van der Waals surface area (Å²) in [5, 5.41) is 6.29. The number of aromatic nitrogens is 3. The van der Waals surface area contributed by atoms with E-state index < -0.39 is 17.5 Å². The number of hydrogen-bond acceptors (Lipinski definition) is 3. The highest BCUT2D eigenvalue weighted by Crippen LogP contribution is 2.16. The number of rotatable bonds is 3. The summed E-state index contributed by atoms with van der Waals surface area (Å²) in [6, 6.07) is 5.61. The predicted octanol–water partition coefficient (Wildman–Crippen LogP) is 2.59. The molecule has 3 rings (SSSR count). The molecule has 0 aliphatic carbocycles. The van der Waals surface area contributed by atoms with E-state index in [0.29, 0.717) is 11.2 Å². The lowest BCUT2D eigenvalue weighted by Gasteiger charge is -2.07. The highest BCUT2D eigenvalue weighted by atomic mass is 35.5. The Morgan fingerprint density at radius 2 is 2.09 bits per heavy atom. The Morgan fingerprint density at radius 3 is 2.86 bits per heavy atom. The Labute approximate surface area is 128 Å². The Hall–Kier alpha value is -2.54. The van der Waals surface area contributed by atoms with Crippen LogP contribution in [0.2, 0.25) is 5.02 Å². The predicted molar refractivity (Wildman–Crippen MR) is 75.5 cm³/mol. The quantitative estimate of drug-likeness (QED) is 0.806. The van der Waals surface area contributed by atoms with Crippen LogP contribution in [0.3, 0.4) is 0 Å². The number of amides is 1. The van der Waals surface area contributed by atoms with E-state index in [9.17, 15) is 13.6 Å². The molecule has 112 valence electrons. The van der Waals surface area contributed by atoms with Crippen LogP contribution in [-0.2, 0) is 6.54 Å². The minimum Gasteiger partial charge on any atom is -0.347 e. The van der Waals surface area contributed by atoms with Crippen molar-refractivity contribution in [3.8, 4) is 0 Å². The van der Waals surface area contributed by atoms with Crippen molar-refractivity contribution in [2.45, 2.75) is 6.54 Å². The van der Waals surface area contributed by atoms with Crippen molar-refractivity contribution in [3.63, 3.8) is 0 Å². The van der Waals surface area contributed by atoms with E-state index in [1.807, 2.05) is 0 Å². The van der Waals surface area contributed by atoms with Crippen LogP contribution in [0.25, 0.3) is 5.65 Å². The fourth-order valence-electron chi connectivity index (χ4n) is 1.91. The Balaban J connectivity index is 1.77. The summed E-state index contributed by atoms with van der Waals surface area (Å²) >= 11 is 5.65. The molecule has 0 spiro atoms. The van der Waals surface area contributed by atoms with Gasteiger partial charge in [-0.15, -0.1) is 0 Å². The lowest BCUT2D eigenvalue weighted by molar-refractivity contribution is 0.0941. The van der Waals surface area contributed by atoms with Crippen LogP contribution in [0.5, 0.6) is 0 Å². The molecule has 1 amide bonds. The third-order valence-electron chi connectivity index (χ3n) is 2.99. The SMILES string of the molecule is O=C(NCc1ccc(F)c(Cl)c1)c1nc2ccnn2cc1F. The molecule has 0 saturated carbocycles. The molecule has 0 unspecified atom stereocenters. The minimum atomic E-state index is -0.786. The molecule has 1 aromatic carbocycles. The van der Waals surface area contributed by atoms with Gasteiger partial charge in [-0.2, -0.15) is 5.10 Å². The van der Waals surface area contributed by atoms with Crippen molar-refractivity contribution >= 4 is 23.2 Å². The molecule has 22 heavy (non-hydrogen) atoms. The molecule has 1 N–H and O–H groups in total. The number of hydrogen-bond donors (Lipinski definition) is 1. The largest absolute Gasteiger partial charge is 0.347 e. The number of carbonyl (C=O) groups excluding carboxylic acids is 1. The van der Waals surface area contributed by atoms with Crippen molar-refractivity contribution < 1.29 is 13.6 Å². The maximum Gasteiger partial charge on any atom is 0.273 e. The van der Waals surface area contributed by atoms with Crippen molar-refractivity contribution in [2.24, 2.45) is 0 Å². The van der Waals surface area contributed by atoms with Crippen LogP contribution in [0, 0.1) is 11.6 Å². The summed E-state index contributed by atoms with van der Waals surface area (Å²) < 4.78 is 28.1. The van der Waals surface area contributed by atoms with Gasteiger partial charge in [0.1, 0.15) is 5.82 Å². The second-order valence-corrected chi connectivity index (χ2v) is 4.91. The van der Waals surface area contributed by atoms with Gasteiger partial charge in [0.05, 0.1) is 17.4 Å². The van der Waals surface area contributed by atoms with E-state index in [1.54, 1.807) is 6.07 Å². The molecule has 0 atom stereocenters. The van der Waals surface area contributed by atoms with Crippen LogP contribution in [0.4, 0.5) is 8.78 Å². The highest BCUT2D eigenvalue weighted by molar-refractivity contribution is 6.30. The number of nitrogens with zero attached hydrogens (tertiary/aromatic N) is 3. The van der Waals surface area contributed by atoms with E-state index in [-0.39, 0.29) is 17.3 Å². The van der Waals surface area contributed by atoms with E-state index in [1.165, 1.54) is 28.9 Å². The molecule has 0 bridgehead atoms. The molecule has 0 saturated heterocycles. The average molecular weight is 323 g/mol. The first-order valence-electron chi connectivity index (χ1n) is 6.26. The van der Waals surface area contributed by atoms with Crippen LogP contribution < -0.4 is 5.32 Å². The van der Waals surface area contributed by atoms with Gasteiger partial charge in [-0.3, -0.25) is 4.79 Å². The van der Waals surface area contributed by atoms with Crippen LogP contribution in [-0.4, -0.2) is 20.5 Å². The van der Waals surface area contributed by atoms with E-state index in [0.717, 1.165) is 6.20 Å². The zero-order valence-corrected chi connectivity index (χ0v) is 11.8. The third-order valence-corrected chi connectivity index (χ3v) is 3.28. The smallest absolute Gasteiger partial charge is 0.273 e. The zero-order valence-electron chi connectivity index (χ0n) is 11.1. The minimum absolute atomic E-state index is 0.0447. The van der Waals surface area contributed by atoms with Crippen molar-refractivity contribution in [1.29, 1.82) is 0 Å². The molecule has 2 heterocycles. The van der Waals surface area contributed by atoms with Gasteiger partial charge in [0.25, 0.3) is 5.91 Å². The third kappa shape index (κ3) is 2.75. The first kappa shape index (κ1) is 14.4. The summed E-state index contributed by atoms with van der Waals surface area (Å²) in [7, 11) is 0. The van der Waals surface area contributed by atoms with Gasteiger partial charge in [0, 0.05) is 12.6 Å². The molecule has 0 fully saturated rings. The molecular formula is C14H9ClF2N4O. The summed E-state index contributed by atoms with van der Waals surface area (Å²) in [4.78, 5) is 15.9. The second kappa shape index (κ2) is 5.69.